The van der Waals surface area contributed by atoms with Crippen molar-refractivity contribution in [2.75, 3.05) is 26.6 Å². The highest BCUT2D eigenvalue weighted by atomic mass is 16.7. The molecule has 0 radical (unpaired) electrons. The second kappa shape index (κ2) is 7.37. The SMILES string of the molecule is CCOC[C@H]1CN(C(=O)Cc2ccc3c(c2)OCO3)Cc2cncn2C1. The molecule has 0 N–H and O–H groups in total. The van der Waals surface area contributed by atoms with Crippen LogP contribution >= 0.6 is 0 Å². The fourth-order valence-electron chi connectivity index (χ4n) is 3.47. The van der Waals surface area contributed by atoms with E-state index >= 15 is 0 Å². The first kappa shape index (κ1) is 16.9. The Kier molecular flexibility index (Phi) is 4.79. The molecule has 0 aliphatic carbocycles. The Bertz CT molecular complexity index is 789. The minimum Gasteiger partial charge on any atom is -0.454 e. The van der Waals surface area contributed by atoms with Crippen LogP contribution in [0, 0.1) is 5.92 Å². The molecule has 7 heteroatoms. The largest absolute Gasteiger partial charge is 0.454 e. The summed E-state index contributed by atoms with van der Waals surface area (Å²) >= 11 is 0. The van der Waals surface area contributed by atoms with Gasteiger partial charge in [0.05, 0.1) is 31.6 Å². The molecule has 0 saturated carbocycles. The molecule has 1 atom stereocenters. The van der Waals surface area contributed by atoms with Crippen LogP contribution in [-0.2, 0) is 29.0 Å². The van der Waals surface area contributed by atoms with Gasteiger partial charge < -0.3 is 23.7 Å². The lowest BCUT2D eigenvalue weighted by Crippen LogP contribution is -2.36. The number of ether oxygens (including phenoxy) is 3. The van der Waals surface area contributed by atoms with E-state index in [0.29, 0.717) is 38.5 Å². The Morgan fingerprint density at radius 2 is 2.19 bits per heavy atom. The number of benzene rings is 1. The third-order valence-corrected chi connectivity index (χ3v) is 4.79. The summed E-state index contributed by atoms with van der Waals surface area (Å²) in [5.41, 5.74) is 1.99. The molecule has 0 fully saturated rings. The summed E-state index contributed by atoms with van der Waals surface area (Å²) in [6.07, 6.45) is 4.01. The van der Waals surface area contributed by atoms with Gasteiger partial charge in [0.1, 0.15) is 0 Å². The van der Waals surface area contributed by atoms with Crippen molar-refractivity contribution < 1.29 is 19.0 Å². The first-order valence-corrected chi connectivity index (χ1v) is 8.96. The van der Waals surface area contributed by atoms with Crippen molar-refractivity contribution in [2.24, 2.45) is 5.92 Å². The van der Waals surface area contributed by atoms with Gasteiger partial charge in [-0.3, -0.25) is 4.79 Å². The van der Waals surface area contributed by atoms with E-state index < -0.39 is 0 Å². The second-order valence-electron chi connectivity index (χ2n) is 6.70. The predicted octanol–water partition coefficient (Wildman–Crippen LogP) is 1.85. The lowest BCUT2D eigenvalue weighted by molar-refractivity contribution is -0.131. The van der Waals surface area contributed by atoms with Gasteiger partial charge >= 0.3 is 0 Å². The number of aromatic nitrogens is 2. The van der Waals surface area contributed by atoms with E-state index in [4.69, 9.17) is 14.2 Å². The number of amides is 1. The summed E-state index contributed by atoms with van der Waals surface area (Å²) in [7, 11) is 0. The molecule has 4 rings (SSSR count). The zero-order valence-corrected chi connectivity index (χ0v) is 14.9. The van der Waals surface area contributed by atoms with E-state index in [1.165, 1.54) is 0 Å². The Balaban J connectivity index is 1.48. The number of fused-ring (bicyclic) bond motifs is 2. The Hall–Kier alpha value is -2.54. The fraction of sp³-hybridized carbons (Fsp3) is 0.474. The van der Waals surface area contributed by atoms with Gasteiger partial charge in [-0.25, -0.2) is 4.98 Å². The number of carbonyl (C=O) groups is 1. The molecular formula is C19H23N3O4. The van der Waals surface area contributed by atoms with E-state index in [2.05, 4.69) is 9.55 Å². The van der Waals surface area contributed by atoms with E-state index in [-0.39, 0.29) is 18.6 Å². The average molecular weight is 357 g/mol. The minimum atomic E-state index is 0.0972. The minimum absolute atomic E-state index is 0.0972. The van der Waals surface area contributed by atoms with Crippen LogP contribution in [0.5, 0.6) is 11.5 Å². The van der Waals surface area contributed by atoms with E-state index in [0.717, 1.165) is 23.6 Å². The highest BCUT2D eigenvalue weighted by Gasteiger charge is 2.26. The van der Waals surface area contributed by atoms with E-state index in [1.54, 1.807) is 0 Å². The van der Waals surface area contributed by atoms with Crippen LogP contribution in [0.3, 0.4) is 0 Å². The summed E-state index contributed by atoms with van der Waals surface area (Å²) in [5.74, 6) is 1.79. The second-order valence-corrected chi connectivity index (χ2v) is 6.70. The van der Waals surface area contributed by atoms with Crippen molar-refractivity contribution in [3.63, 3.8) is 0 Å². The molecule has 2 aliphatic rings. The molecule has 0 bridgehead atoms. The maximum absolute atomic E-state index is 13.0. The molecule has 26 heavy (non-hydrogen) atoms. The molecule has 2 aromatic rings. The molecule has 3 heterocycles. The Morgan fingerprint density at radius 1 is 1.31 bits per heavy atom. The molecule has 2 aliphatic heterocycles. The quantitative estimate of drug-likeness (QED) is 0.817. The van der Waals surface area contributed by atoms with Gasteiger partial charge in [-0.1, -0.05) is 6.07 Å². The normalized spacial score (nSPS) is 18.5. The number of nitrogens with zero attached hydrogens (tertiary/aromatic N) is 3. The van der Waals surface area contributed by atoms with Crippen LogP contribution in [0.25, 0.3) is 0 Å². The summed E-state index contributed by atoms with van der Waals surface area (Å²) in [6.45, 7) is 5.63. The van der Waals surface area contributed by atoms with Gasteiger partial charge in [0.2, 0.25) is 12.7 Å². The zero-order chi connectivity index (χ0) is 17.9. The van der Waals surface area contributed by atoms with Crippen molar-refractivity contribution >= 4 is 5.91 Å². The van der Waals surface area contributed by atoms with Crippen LogP contribution in [-0.4, -0.2) is 46.9 Å². The number of rotatable bonds is 5. The molecule has 1 aromatic heterocycles. The van der Waals surface area contributed by atoms with Gasteiger partial charge in [-0.2, -0.15) is 0 Å². The Labute approximate surface area is 152 Å². The number of imidazole rings is 1. The fourth-order valence-corrected chi connectivity index (χ4v) is 3.47. The maximum atomic E-state index is 13.0. The number of hydrogen-bond acceptors (Lipinski definition) is 5. The highest BCUT2D eigenvalue weighted by Crippen LogP contribution is 2.32. The standard InChI is InChI=1S/C19H23N3O4/c1-2-24-11-15-8-21(10-16-7-20-12-22(16)9-15)19(23)6-14-3-4-17-18(5-14)26-13-25-17/h3-5,7,12,15H,2,6,8-11,13H2,1H3/t15-/m0/s1. The van der Waals surface area contributed by atoms with Crippen LogP contribution < -0.4 is 9.47 Å². The summed E-state index contributed by atoms with van der Waals surface area (Å²) in [6, 6.07) is 5.67. The molecule has 138 valence electrons. The lowest BCUT2D eigenvalue weighted by Gasteiger charge is -2.24. The smallest absolute Gasteiger partial charge is 0.231 e. The third kappa shape index (κ3) is 3.53. The van der Waals surface area contributed by atoms with Crippen LogP contribution in [0.15, 0.2) is 30.7 Å². The maximum Gasteiger partial charge on any atom is 0.231 e. The Morgan fingerprint density at radius 3 is 3.08 bits per heavy atom. The van der Waals surface area contributed by atoms with Gasteiger partial charge in [0, 0.05) is 31.8 Å². The van der Waals surface area contributed by atoms with E-state index in [9.17, 15) is 4.79 Å². The van der Waals surface area contributed by atoms with Gasteiger partial charge in [-0.15, -0.1) is 0 Å². The van der Waals surface area contributed by atoms with Crippen molar-refractivity contribution in [1.82, 2.24) is 14.5 Å². The monoisotopic (exact) mass is 357 g/mol. The van der Waals surface area contributed by atoms with Crippen molar-refractivity contribution in [1.29, 1.82) is 0 Å². The van der Waals surface area contributed by atoms with Gasteiger partial charge in [0.25, 0.3) is 0 Å². The van der Waals surface area contributed by atoms with Crippen molar-refractivity contribution in [3.05, 3.63) is 42.0 Å². The molecule has 1 aromatic carbocycles. The molecule has 0 spiro atoms. The molecule has 1 amide bonds. The molecule has 0 saturated heterocycles. The van der Waals surface area contributed by atoms with Crippen molar-refractivity contribution in [2.45, 2.75) is 26.4 Å². The first-order chi connectivity index (χ1) is 12.7. The predicted molar refractivity (Wildman–Crippen MR) is 93.9 cm³/mol. The lowest BCUT2D eigenvalue weighted by atomic mass is 10.1. The van der Waals surface area contributed by atoms with Crippen LogP contribution in [0.2, 0.25) is 0 Å². The van der Waals surface area contributed by atoms with Crippen LogP contribution in [0.4, 0.5) is 0 Å². The third-order valence-electron chi connectivity index (χ3n) is 4.79. The van der Waals surface area contributed by atoms with E-state index in [1.807, 2.05) is 42.5 Å². The highest BCUT2D eigenvalue weighted by molar-refractivity contribution is 5.79. The zero-order valence-electron chi connectivity index (χ0n) is 14.9. The van der Waals surface area contributed by atoms with Crippen LogP contribution in [0.1, 0.15) is 18.2 Å². The number of carbonyl (C=O) groups excluding carboxylic acids is 1. The molecule has 7 nitrogen and oxygen atoms in total. The summed E-state index contributed by atoms with van der Waals surface area (Å²) in [4.78, 5) is 19.1. The molecule has 0 unspecified atom stereocenters. The summed E-state index contributed by atoms with van der Waals surface area (Å²) in [5, 5.41) is 0. The topological polar surface area (TPSA) is 65.8 Å². The van der Waals surface area contributed by atoms with Crippen molar-refractivity contribution in [3.8, 4) is 11.5 Å². The van der Waals surface area contributed by atoms with Gasteiger partial charge in [-0.05, 0) is 24.6 Å². The number of hydrogen-bond donors (Lipinski definition) is 0. The first-order valence-electron chi connectivity index (χ1n) is 8.96. The summed E-state index contributed by atoms with van der Waals surface area (Å²) < 4.78 is 18.5. The average Bonchev–Trinajstić information content (AvgIpc) is 3.24. The molecular weight excluding hydrogens is 334 g/mol. The van der Waals surface area contributed by atoms with Gasteiger partial charge in [0.15, 0.2) is 11.5 Å².